The highest BCUT2D eigenvalue weighted by atomic mass is 16.2. The zero-order valence-electron chi connectivity index (χ0n) is 15.7. The summed E-state index contributed by atoms with van der Waals surface area (Å²) in [5, 5.41) is 0. The van der Waals surface area contributed by atoms with E-state index in [1.165, 1.54) is 0 Å². The number of rotatable bonds is 8. The van der Waals surface area contributed by atoms with Gasteiger partial charge >= 0.3 is 0 Å². The standard InChI is InChI=1S/C19H33N3O/c1-7-10-15(11-8-2)22(18(23)14-19(4,5)6)17-12-13-20-16(9-3)21-17/h12-13,15H,7-11,14H2,1-6H3. The first-order valence-electron chi connectivity index (χ1n) is 8.96. The van der Waals surface area contributed by atoms with E-state index < -0.39 is 0 Å². The molecule has 23 heavy (non-hydrogen) atoms. The van der Waals surface area contributed by atoms with Crippen molar-refractivity contribution in [3.8, 4) is 0 Å². The number of carbonyl (C=O) groups excluding carboxylic acids is 1. The van der Waals surface area contributed by atoms with Gasteiger partial charge in [-0.1, -0.05) is 54.4 Å². The second kappa shape index (κ2) is 8.99. The Morgan fingerprint density at radius 1 is 1.17 bits per heavy atom. The highest BCUT2D eigenvalue weighted by Gasteiger charge is 2.28. The van der Waals surface area contributed by atoms with Crippen molar-refractivity contribution in [2.75, 3.05) is 4.90 Å². The number of hydrogen-bond acceptors (Lipinski definition) is 3. The first kappa shape index (κ1) is 19.6. The molecule has 0 radical (unpaired) electrons. The summed E-state index contributed by atoms with van der Waals surface area (Å²) in [6.07, 6.45) is 7.23. The molecule has 0 saturated heterocycles. The second-order valence-corrected chi connectivity index (χ2v) is 7.42. The minimum atomic E-state index is -0.0288. The number of carbonyl (C=O) groups is 1. The van der Waals surface area contributed by atoms with Crippen LogP contribution in [0.1, 0.15) is 79.5 Å². The molecule has 4 nitrogen and oxygen atoms in total. The fourth-order valence-electron chi connectivity index (χ4n) is 2.82. The highest BCUT2D eigenvalue weighted by Crippen LogP contribution is 2.26. The van der Waals surface area contributed by atoms with Crippen molar-refractivity contribution in [2.45, 2.75) is 86.1 Å². The minimum Gasteiger partial charge on any atom is -0.294 e. The molecule has 4 heteroatoms. The number of hydrogen-bond donors (Lipinski definition) is 0. The molecular formula is C19H33N3O. The summed E-state index contributed by atoms with van der Waals surface area (Å²) in [5.41, 5.74) is -0.0288. The molecule has 0 fully saturated rings. The van der Waals surface area contributed by atoms with E-state index in [4.69, 9.17) is 0 Å². The minimum absolute atomic E-state index is 0.0288. The molecule has 0 spiro atoms. The SMILES string of the molecule is CCCC(CCC)N(C(=O)CC(C)(C)C)c1ccnc(CC)n1. The van der Waals surface area contributed by atoms with Gasteiger partial charge in [0.25, 0.3) is 0 Å². The molecule has 0 aliphatic carbocycles. The third kappa shape index (κ3) is 6.28. The van der Waals surface area contributed by atoms with Gasteiger partial charge < -0.3 is 0 Å². The zero-order chi connectivity index (χ0) is 17.5. The van der Waals surface area contributed by atoms with Crippen molar-refractivity contribution in [1.29, 1.82) is 0 Å². The Morgan fingerprint density at radius 2 is 1.78 bits per heavy atom. The molecule has 0 atom stereocenters. The molecule has 0 aliphatic rings. The maximum Gasteiger partial charge on any atom is 0.228 e. The van der Waals surface area contributed by atoms with Gasteiger partial charge in [0, 0.05) is 25.1 Å². The summed E-state index contributed by atoms with van der Waals surface area (Å²) in [5.74, 6) is 1.73. The Morgan fingerprint density at radius 3 is 2.26 bits per heavy atom. The monoisotopic (exact) mass is 319 g/mol. The van der Waals surface area contributed by atoms with Gasteiger partial charge in [-0.15, -0.1) is 0 Å². The normalized spacial score (nSPS) is 11.8. The van der Waals surface area contributed by atoms with E-state index in [1.807, 2.05) is 17.9 Å². The average molecular weight is 319 g/mol. The molecule has 0 unspecified atom stereocenters. The number of aromatic nitrogens is 2. The van der Waals surface area contributed by atoms with Crippen molar-refractivity contribution in [3.05, 3.63) is 18.1 Å². The Kier molecular flexibility index (Phi) is 7.66. The lowest BCUT2D eigenvalue weighted by atomic mass is 9.91. The maximum atomic E-state index is 13.0. The first-order valence-corrected chi connectivity index (χ1v) is 8.96. The molecule has 1 heterocycles. The summed E-state index contributed by atoms with van der Waals surface area (Å²) in [6.45, 7) is 12.7. The lowest BCUT2D eigenvalue weighted by Gasteiger charge is -2.33. The number of aryl methyl sites for hydroxylation is 1. The Bertz CT molecular complexity index is 488. The summed E-state index contributed by atoms with van der Waals surface area (Å²) < 4.78 is 0. The van der Waals surface area contributed by atoms with Crippen LogP contribution in [0, 0.1) is 5.41 Å². The van der Waals surface area contributed by atoms with Gasteiger partial charge in [0.15, 0.2) is 0 Å². The molecule has 0 bridgehead atoms. The summed E-state index contributed by atoms with van der Waals surface area (Å²) in [4.78, 5) is 23.9. The van der Waals surface area contributed by atoms with Crippen LogP contribution in [0.4, 0.5) is 5.82 Å². The van der Waals surface area contributed by atoms with Gasteiger partial charge in [-0.2, -0.15) is 0 Å². The maximum absolute atomic E-state index is 13.0. The van der Waals surface area contributed by atoms with Crippen molar-refractivity contribution >= 4 is 11.7 Å². The number of anilines is 1. The predicted octanol–water partition coefficient (Wildman–Crippen LogP) is 4.78. The summed E-state index contributed by atoms with van der Waals surface area (Å²) in [6, 6.07) is 2.09. The van der Waals surface area contributed by atoms with Gasteiger partial charge in [-0.05, 0) is 24.3 Å². The van der Waals surface area contributed by atoms with Crippen LogP contribution in [0.25, 0.3) is 0 Å². The van der Waals surface area contributed by atoms with Crippen LogP contribution in [-0.4, -0.2) is 21.9 Å². The second-order valence-electron chi connectivity index (χ2n) is 7.42. The van der Waals surface area contributed by atoms with Gasteiger partial charge in [0.1, 0.15) is 11.6 Å². The molecule has 0 aromatic carbocycles. The van der Waals surface area contributed by atoms with Crippen LogP contribution in [0.3, 0.4) is 0 Å². The van der Waals surface area contributed by atoms with Crippen molar-refractivity contribution < 1.29 is 4.79 Å². The van der Waals surface area contributed by atoms with Crippen LogP contribution in [0.15, 0.2) is 12.3 Å². The van der Waals surface area contributed by atoms with E-state index in [0.29, 0.717) is 6.42 Å². The zero-order valence-corrected chi connectivity index (χ0v) is 15.7. The Labute approximate surface area is 141 Å². The van der Waals surface area contributed by atoms with E-state index in [-0.39, 0.29) is 17.4 Å². The molecule has 1 aromatic rings. The van der Waals surface area contributed by atoms with Gasteiger partial charge in [0.2, 0.25) is 5.91 Å². The lowest BCUT2D eigenvalue weighted by Crippen LogP contribution is -2.42. The van der Waals surface area contributed by atoms with Crippen LogP contribution >= 0.6 is 0 Å². The highest BCUT2D eigenvalue weighted by molar-refractivity contribution is 5.93. The van der Waals surface area contributed by atoms with E-state index in [1.54, 1.807) is 6.20 Å². The van der Waals surface area contributed by atoms with Crippen LogP contribution < -0.4 is 4.90 Å². The van der Waals surface area contributed by atoms with E-state index >= 15 is 0 Å². The number of amides is 1. The summed E-state index contributed by atoms with van der Waals surface area (Å²) in [7, 11) is 0. The molecule has 1 amide bonds. The van der Waals surface area contributed by atoms with Gasteiger partial charge in [-0.25, -0.2) is 9.97 Å². The molecule has 1 rings (SSSR count). The topological polar surface area (TPSA) is 46.1 Å². The third-order valence-corrected chi connectivity index (χ3v) is 3.81. The molecule has 0 aliphatic heterocycles. The van der Waals surface area contributed by atoms with Crippen LogP contribution in [-0.2, 0) is 11.2 Å². The molecule has 0 saturated carbocycles. The fraction of sp³-hybridized carbons (Fsp3) is 0.737. The first-order chi connectivity index (χ1) is 10.8. The average Bonchev–Trinajstić information content (AvgIpc) is 2.46. The molecule has 0 N–H and O–H groups in total. The predicted molar refractivity (Wildman–Crippen MR) is 96.6 cm³/mol. The van der Waals surface area contributed by atoms with E-state index in [2.05, 4.69) is 44.6 Å². The van der Waals surface area contributed by atoms with Crippen LogP contribution in [0.5, 0.6) is 0 Å². The fourth-order valence-corrected chi connectivity index (χ4v) is 2.82. The van der Waals surface area contributed by atoms with E-state index in [9.17, 15) is 4.79 Å². The Balaban J connectivity index is 3.19. The quantitative estimate of drug-likeness (QED) is 0.693. The molecular weight excluding hydrogens is 286 g/mol. The van der Waals surface area contributed by atoms with Crippen LogP contribution in [0.2, 0.25) is 0 Å². The van der Waals surface area contributed by atoms with E-state index in [0.717, 1.165) is 43.7 Å². The Hall–Kier alpha value is -1.45. The molecule has 130 valence electrons. The lowest BCUT2D eigenvalue weighted by molar-refractivity contribution is -0.120. The summed E-state index contributed by atoms with van der Waals surface area (Å²) >= 11 is 0. The third-order valence-electron chi connectivity index (χ3n) is 3.81. The molecule has 1 aromatic heterocycles. The van der Waals surface area contributed by atoms with Crippen molar-refractivity contribution in [1.82, 2.24) is 9.97 Å². The van der Waals surface area contributed by atoms with Gasteiger partial charge in [0.05, 0.1) is 0 Å². The number of nitrogens with zero attached hydrogens (tertiary/aromatic N) is 3. The van der Waals surface area contributed by atoms with Gasteiger partial charge in [-0.3, -0.25) is 9.69 Å². The van der Waals surface area contributed by atoms with Crippen molar-refractivity contribution in [2.24, 2.45) is 5.41 Å². The van der Waals surface area contributed by atoms with Crippen molar-refractivity contribution in [3.63, 3.8) is 0 Å². The smallest absolute Gasteiger partial charge is 0.228 e. The largest absolute Gasteiger partial charge is 0.294 e.